The van der Waals surface area contributed by atoms with Crippen LogP contribution in [0.5, 0.6) is 0 Å². The van der Waals surface area contributed by atoms with E-state index < -0.39 is 65.8 Å². The Morgan fingerprint density at radius 3 is 2.23 bits per heavy atom. The highest BCUT2D eigenvalue weighted by atomic mass is 32.2. The molecular weight excluding hydrogens is 594 g/mol. The molecule has 0 fully saturated rings. The zero-order chi connectivity index (χ0) is 33.3. The van der Waals surface area contributed by atoms with Crippen molar-refractivity contribution in [1.29, 1.82) is 0 Å². The van der Waals surface area contributed by atoms with Gasteiger partial charge in [-0.05, 0) is 38.5 Å². The summed E-state index contributed by atoms with van der Waals surface area (Å²) in [6.45, 7) is 1.25. The monoisotopic (exact) mass is 641 g/mol. The number of aliphatic hydroxyl groups excluding tert-OH is 2. The quantitative estimate of drug-likeness (QED) is 0.0478. The minimum atomic E-state index is -1.52. The second kappa shape index (κ2) is 25.2. The van der Waals surface area contributed by atoms with Gasteiger partial charge in [-0.3, -0.25) is 9.59 Å². The summed E-state index contributed by atoms with van der Waals surface area (Å²) in [6.07, 6.45) is 13.7. The van der Waals surface area contributed by atoms with Crippen molar-refractivity contribution >= 4 is 41.5 Å². The van der Waals surface area contributed by atoms with Crippen molar-refractivity contribution in [2.24, 2.45) is 0 Å². The largest absolute Gasteiger partial charge is 0.550 e. The van der Waals surface area contributed by atoms with Crippen LogP contribution in [-0.2, 0) is 24.0 Å². The van der Waals surface area contributed by atoms with Gasteiger partial charge in [0, 0.05) is 29.8 Å². The van der Waals surface area contributed by atoms with Gasteiger partial charge in [0.2, 0.25) is 11.8 Å². The number of aliphatic hydroxyl groups is 2. The number of amides is 2. The second-order valence-electron chi connectivity index (χ2n) is 10.3. The normalized spacial score (nSPS) is 15.2. The third-order valence-corrected chi connectivity index (χ3v) is 7.69. The molecule has 0 aliphatic carbocycles. The zero-order valence-electron chi connectivity index (χ0n) is 25.3. The summed E-state index contributed by atoms with van der Waals surface area (Å²) >= 11 is 1.14. The van der Waals surface area contributed by atoms with E-state index in [0.29, 0.717) is 32.1 Å². The molecule has 250 valence electrons. The molecule has 44 heavy (non-hydrogen) atoms. The number of aliphatic carboxylic acids is 3. The van der Waals surface area contributed by atoms with Crippen molar-refractivity contribution in [2.75, 3.05) is 12.3 Å². The van der Waals surface area contributed by atoms with Gasteiger partial charge in [0.05, 0.1) is 30.7 Å². The SMILES string of the molecule is CCCCC[C@H](O)[C@@H](/C=C/[C@@H](O)C/C=C\C/C=C\CCCC(=O)[O-])SC[C@H](NC(=O)CC[C@H]([NH3+])C(=O)[O-])C(=O)NCC(=O)[O-]. The fraction of sp³-hybridized carbons (Fsp3) is 0.633. The van der Waals surface area contributed by atoms with Crippen LogP contribution < -0.4 is 31.7 Å². The minimum absolute atomic E-state index is 0.0141. The fourth-order valence-electron chi connectivity index (χ4n) is 3.73. The molecule has 0 rings (SSSR count). The summed E-state index contributed by atoms with van der Waals surface area (Å²) in [4.78, 5) is 57.2. The lowest BCUT2D eigenvalue weighted by Gasteiger charge is -2.24. The Labute approximate surface area is 263 Å². The van der Waals surface area contributed by atoms with E-state index in [1.54, 1.807) is 18.2 Å². The Kier molecular flexibility index (Phi) is 23.3. The van der Waals surface area contributed by atoms with Gasteiger partial charge < -0.3 is 56.3 Å². The number of carbonyl (C=O) groups is 5. The highest BCUT2D eigenvalue weighted by molar-refractivity contribution is 8.00. The van der Waals surface area contributed by atoms with Gasteiger partial charge in [0.1, 0.15) is 12.1 Å². The summed E-state index contributed by atoms with van der Waals surface area (Å²) in [5.74, 6) is -5.49. The molecule has 0 heterocycles. The van der Waals surface area contributed by atoms with Crippen LogP contribution in [0.15, 0.2) is 36.5 Å². The number of carboxylic acids is 3. The lowest BCUT2D eigenvalue weighted by atomic mass is 10.1. The van der Waals surface area contributed by atoms with E-state index in [1.165, 1.54) is 0 Å². The number of quaternary nitrogens is 1. The molecule has 0 saturated heterocycles. The van der Waals surface area contributed by atoms with Crippen molar-refractivity contribution in [2.45, 2.75) is 107 Å². The molecule has 0 spiro atoms. The molecule has 0 aromatic heterocycles. The zero-order valence-corrected chi connectivity index (χ0v) is 26.1. The lowest BCUT2D eigenvalue weighted by Crippen LogP contribution is -2.68. The molecule has 0 aliphatic heterocycles. The van der Waals surface area contributed by atoms with E-state index >= 15 is 0 Å². The van der Waals surface area contributed by atoms with Gasteiger partial charge in [0.25, 0.3) is 0 Å². The van der Waals surface area contributed by atoms with Crippen molar-refractivity contribution in [3.8, 4) is 0 Å². The van der Waals surface area contributed by atoms with Crippen LogP contribution in [0.2, 0.25) is 0 Å². The molecule has 5 atom stereocenters. The highest BCUT2D eigenvalue weighted by Crippen LogP contribution is 2.22. The van der Waals surface area contributed by atoms with E-state index in [0.717, 1.165) is 31.0 Å². The predicted octanol–water partition coefficient (Wildman–Crippen LogP) is -2.75. The first-order valence-electron chi connectivity index (χ1n) is 14.8. The number of rotatable bonds is 26. The third-order valence-electron chi connectivity index (χ3n) is 6.31. The molecule has 0 radical (unpaired) electrons. The number of hydrogen-bond acceptors (Lipinski definition) is 11. The van der Waals surface area contributed by atoms with Crippen molar-refractivity contribution < 1.29 is 55.2 Å². The first-order valence-corrected chi connectivity index (χ1v) is 15.9. The number of nitrogens with one attached hydrogen (secondary N) is 2. The van der Waals surface area contributed by atoms with Crippen LogP contribution in [0.25, 0.3) is 0 Å². The maximum atomic E-state index is 12.7. The summed E-state index contributed by atoms with van der Waals surface area (Å²) in [6, 6.07) is -2.32. The molecule has 0 aromatic carbocycles. The second-order valence-corrected chi connectivity index (χ2v) is 11.5. The van der Waals surface area contributed by atoms with Crippen LogP contribution in [-0.4, -0.2) is 81.8 Å². The first kappa shape index (κ1) is 40.8. The maximum Gasteiger partial charge on any atom is 0.243 e. The van der Waals surface area contributed by atoms with E-state index in [2.05, 4.69) is 16.4 Å². The summed E-state index contributed by atoms with van der Waals surface area (Å²) in [5, 5.41) is 57.5. The van der Waals surface area contributed by atoms with Gasteiger partial charge in [-0.1, -0.05) is 62.6 Å². The van der Waals surface area contributed by atoms with Gasteiger partial charge >= 0.3 is 0 Å². The maximum absolute atomic E-state index is 12.7. The van der Waals surface area contributed by atoms with Crippen molar-refractivity contribution in [1.82, 2.24) is 10.6 Å². The Balaban J connectivity index is 5.32. The van der Waals surface area contributed by atoms with Crippen LogP contribution in [0, 0.1) is 0 Å². The number of allylic oxidation sites excluding steroid dienone is 3. The number of hydrogen-bond donors (Lipinski definition) is 5. The average Bonchev–Trinajstić information content (AvgIpc) is 2.96. The first-order chi connectivity index (χ1) is 20.9. The molecule has 7 N–H and O–H groups in total. The summed E-state index contributed by atoms with van der Waals surface area (Å²) < 4.78 is 0. The molecule has 2 amide bonds. The van der Waals surface area contributed by atoms with Gasteiger partial charge in [-0.2, -0.15) is 0 Å². The predicted molar refractivity (Wildman–Crippen MR) is 159 cm³/mol. The fourth-order valence-corrected chi connectivity index (χ4v) is 4.94. The lowest BCUT2D eigenvalue weighted by molar-refractivity contribution is -0.438. The molecular formula is C30H47N3O10S-2. The molecule has 0 aliphatic rings. The van der Waals surface area contributed by atoms with Crippen molar-refractivity contribution in [3.63, 3.8) is 0 Å². The number of unbranched alkanes of at least 4 members (excludes halogenated alkanes) is 3. The van der Waals surface area contributed by atoms with Crippen LogP contribution >= 0.6 is 11.8 Å². The molecule has 14 heteroatoms. The molecule has 0 aromatic rings. The highest BCUT2D eigenvalue weighted by Gasteiger charge is 2.25. The molecule has 0 bridgehead atoms. The van der Waals surface area contributed by atoms with Crippen molar-refractivity contribution in [3.05, 3.63) is 36.5 Å². The van der Waals surface area contributed by atoms with E-state index in [9.17, 15) is 49.5 Å². The Morgan fingerprint density at radius 2 is 1.59 bits per heavy atom. The summed E-state index contributed by atoms with van der Waals surface area (Å²) in [5.41, 5.74) is 3.38. The van der Waals surface area contributed by atoms with E-state index in [4.69, 9.17) is 0 Å². The topological polar surface area (TPSA) is 247 Å². The van der Waals surface area contributed by atoms with Crippen LogP contribution in [0.4, 0.5) is 0 Å². The number of carbonyl (C=O) groups excluding carboxylic acids is 5. The van der Waals surface area contributed by atoms with E-state index in [1.807, 2.05) is 25.2 Å². The average molecular weight is 642 g/mol. The molecule has 0 saturated carbocycles. The minimum Gasteiger partial charge on any atom is -0.550 e. The van der Waals surface area contributed by atoms with Gasteiger partial charge in [-0.25, -0.2) is 0 Å². The molecule has 13 nitrogen and oxygen atoms in total. The Bertz CT molecular complexity index is 973. The van der Waals surface area contributed by atoms with Crippen LogP contribution in [0.3, 0.4) is 0 Å². The van der Waals surface area contributed by atoms with E-state index in [-0.39, 0.29) is 25.0 Å². The van der Waals surface area contributed by atoms with Crippen LogP contribution in [0.1, 0.15) is 77.6 Å². The third kappa shape index (κ3) is 22.4. The number of thioether (sulfide) groups is 1. The molecule has 0 unspecified atom stereocenters. The Hall–Kier alpha value is -3.20. The van der Waals surface area contributed by atoms with Gasteiger partial charge in [0.15, 0.2) is 0 Å². The smallest absolute Gasteiger partial charge is 0.243 e. The van der Waals surface area contributed by atoms with Gasteiger partial charge in [-0.15, -0.1) is 11.8 Å². The standard InChI is InChI=1S/C30H49N3O10S/c1-2-3-9-13-24(35)25(17-15-21(34)12-10-7-5-4-6-8-11-14-27(37)38)44-20-23(29(41)32-19-28(39)40)33-26(36)18-16-22(31)30(42)43/h4,6-7,10,15,17,21-25,34-35H,2-3,5,8-9,11-14,16,18-20,31H2,1H3,(H,32,41)(H,33,36)(H,37,38)(H,39,40)(H,42,43)/p-2/b6-4-,10-7-,17-15+/t21-,22-,23-,24-,25+/m0/s1. The summed E-state index contributed by atoms with van der Waals surface area (Å²) in [7, 11) is 0. The Morgan fingerprint density at radius 1 is 0.886 bits per heavy atom. The number of carboxylic acid groups (broad SMARTS) is 3.